The van der Waals surface area contributed by atoms with Crippen LogP contribution in [0.25, 0.3) is 22.2 Å². The van der Waals surface area contributed by atoms with Gasteiger partial charge in [0.2, 0.25) is 5.91 Å². The number of benzene rings is 2. The van der Waals surface area contributed by atoms with Gasteiger partial charge in [0, 0.05) is 28.5 Å². The Kier molecular flexibility index (Phi) is 6.20. The molecule has 5 aromatic rings. The summed E-state index contributed by atoms with van der Waals surface area (Å²) in [6.07, 6.45) is 2.28. The second kappa shape index (κ2) is 9.58. The van der Waals surface area contributed by atoms with E-state index in [1.165, 1.54) is 11.3 Å². The van der Waals surface area contributed by atoms with Crippen molar-refractivity contribution in [2.24, 2.45) is 0 Å². The molecule has 0 spiro atoms. The zero-order valence-corrected chi connectivity index (χ0v) is 19.9. The molecule has 0 aliphatic rings. The summed E-state index contributed by atoms with van der Waals surface area (Å²) in [6, 6.07) is 20.3. The molecule has 2 aromatic carbocycles. The van der Waals surface area contributed by atoms with Crippen LogP contribution in [0.1, 0.15) is 11.5 Å². The predicted octanol–water partition coefficient (Wildman–Crippen LogP) is 5.43. The zero-order valence-electron chi connectivity index (χ0n) is 18.3. The fraction of sp³-hybridized carbons (Fsp3) is 0.120. The number of H-pyrrole nitrogens is 1. The van der Waals surface area contributed by atoms with Gasteiger partial charge in [-0.2, -0.15) is 5.10 Å². The van der Waals surface area contributed by atoms with E-state index in [9.17, 15) is 4.79 Å². The van der Waals surface area contributed by atoms with Crippen LogP contribution in [-0.2, 0) is 24.3 Å². The Labute approximate surface area is 205 Å². The van der Waals surface area contributed by atoms with E-state index in [1.807, 2.05) is 50.9 Å². The van der Waals surface area contributed by atoms with Crippen LogP contribution in [0.5, 0.6) is 0 Å². The van der Waals surface area contributed by atoms with E-state index >= 15 is 0 Å². The number of para-hydroxylation sites is 1. The van der Waals surface area contributed by atoms with Crippen molar-refractivity contribution >= 4 is 45.5 Å². The molecule has 0 fully saturated rings. The van der Waals surface area contributed by atoms with E-state index in [2.05, 4.69) is 51.3 Å². The number of amides is 1. The Hall–Kier alpha value is -3.82. The maximum absolute atomic E-state index is 13.0. The van der Waals surface area contributed by atoms with Gasteiger partial charge in [-0.1, -0.05) is 54.6 Å². The SMILES string of the molecule is C=CCn1c(Cc2csc(NC(=O)Cn3c(-c4ccccc4)cc4ccccc43)n2)n[nH]c1=S. The molecule has 9 heteroatoms. The summed E-state index contributed by atoms with van der Waals surface area (Å²) in [4.78, 5) is 17.6. The van der Waals surface area contributed by atoms with Crippen LogP contribution in [0.15, 0.2) is 78.7 Å². The average Bonchev–Trinajstić information content (AvgIpc) is 3.54. The Morgan fingerprint density at radius 1 is 1.15 bits per heavy atom. The van der Waals surface area contributed by atoms with Gasteiger partial charge in [0.05, 0.1) is 12.1 Å². The molecule has 2 N–H and O–H groups in total. The molecule has 0 saturated heterocycles. The number of rotatable bonds is 8. The molecular weight excluding hydrogens is 464 g/mol. The molecule has 5 rings (SSSR count). The normalized spacial score (nSPS) is 11.1. The van der Waals surface area contributed by atoms with Crippen molar-refractivity contribution in [2.45, 2.75) is 19.5 Å². The van der Waals surface area contributed by atoms with Crippen molar-refractivity contribution in [3.05, 3.63) is 95.0 Å². The highest BCUT2D eigenvalue weighted by Gasteiger charge is 2.15. The van der Waals surface area contributed by atoms with Crippen LogP contribution in [0.3, 0.4) is 0 Å². The number of fused-ring (bicyclic) bond motifs is 1. The molecule has 0 radical (unpaired) electrons. The number of allylic oxidation sites excluding steroid dienone is 1. The molecule has 3 heterocycles. The lowest BCUT2D eigenvalue weighted by atomic mass is 10.1. The molecule has 7 nitrogen and oxygen atoms in total. The second-order valence-electron chi connectivity index (χ2n) is 7.75. The van der Waals surface area contributed by atoms with E-state index in [4.69, 9.17) is 12.2 Å². The first-order valence-corrected chi connectivity index (χ1v) is 12.0. The fourth-order valence-electron chi connectivity index (χ4n) is 3.94. The summed E-state index contributed by atoms with van der Waals surface area (Å²) >= 11 is 6.67. The first kappa shape index (κ1) is 22.0. The topological polar surface area (TPSA) is 80.5 Å². The van der Waals surface area contributed by atoms with E-state index < -0.39 is 0 Å². The molecule has 0 saturated carbocycles. The molecule has 0 aliphatic carbocycles. The fourth-order valence-corrected chi connectivity index (χ4v) is 4.89. The van der Waals surface area contributed by atoms with Crippen LogP contribution < -0.4 is 5.32 Å². The molecule has 0 unspecified atom stereocenters. The minimum absolute atomic E-state index is 0.131. The highest BCUT2D eigenvalue weighted by Crippen LogP contribution is 2.28. The van der Waals surface area contributed by atoms with Crippen LogP contribution >= 0.6 is 23.6 Å². The first-order valence-electron chi connectivity index (χ1n) is 10.8. The first-order chi connectivity index (χ1) is 16.6. The number of nitrogens with one attached hydrogen (secondary N) is 2. The van der Waals surface area contributed by atoms with Gasteiger partial charge in [-0.05, 0) is 29.9 Å². The minimum Gasteiger partial charge on any atom is -0.331 e. The molecule has 1 amide bonds. The number of thiazole rings is 1. The lowest BCUT2D eigenvalue weighted by Crippen LogP contribution is -2.19. The van der Waals surface area contributed by atoms with Gasteiger partial charge < -0.3 is 9.88 Å². The highest BCUT2D eigenvalue weighted by atomic mass is 32.1. The third kappa shape index (κ3) is 4.48. The van der Waals surface area contributed by atoms with Gasteiger partial charge in [0.1, 0.15) is 12.4 Å². The Morgan fingerprint density at radius 2 is 1.94 bits per heavy atom. The number of hydrogen-bond donors (Lipinski definition) is 2. The summed E-state index contributed by atoms with van der Waals surface area (Å²) in [6.45, 7) is 4.53. The maximum atomic E-state index is 13.0. The third-order valence-electron chi connectivity index (χ3n) is 5.47. The average molecular weight is 487 g/mol. The molecule has 3 aromatic heterocycles. The van der Waals surface area contributed by atoms with Crippen molar-refractivity contribution in [3.63, 3.8) is 0 Å². The van der Waals surface area contributed by atoms with Gasteiger partial charge >= 0.3 is 0 Å². The molecule has 170 valence electrons. The summed E-state index contributed by atoms with van der Waals surface area (Å²) in [5.41, 5.74) is 3.90. The van der Waals surface area contributed by atoms with E-state index in [1.54, 1.807) is 6.08 Å². The number of anilines is 1. The summed E-state index contributed by atoms with van der Waals surface area (Å²) in [7, 11) is 0. The maximum Gasteiger partial charge on any atom is 0.246 e. The van der Waals surface area contributed by atoms with Gasteiger partial charge in [-0.25, -0.2) is 4.98 Å². The lowest BCUT2D eigenvalue weighted by Gasteiger charge is -2.10. The summed E-state index contributed by atoms with van der Waals surface area (Å²) < 4.78 is 4.47. The van der Waals surface area contributed by atoms with Crippen molar-refractivity contribution < 1.29 is 4.79 Å². The number of aromatic amines is 1. The van der Waals surface area contributed by atoms with Crippen LogP contribution in [-0.4, -0.2) is 30.2 Å². The van der Waals surface area contributed by atoms with Gasteiger partial charge in [0.25, 0.3) is 0 Å². The Balaban J connectivity index is 1.35. The smallest absolute Gasteiger partial charge is 0.246 e. The highest BCUT2D eigenvalue weighted by molar-refractivity contribution is 7.71. The number of carbonyl (C=O) groups is 1. The quantitative estimate of drug-likeness (QED) is 0.226. The minimum atomic E-state index is -0.131. The van der Waals surface area contributed by atoms with Crippen molar-refractivity contribution in [1.29, 1.82) is 0 Å². The van der Waals surface area contributed by atoms with Gasteiger partial charge in [0.15, 0.2) is 9.90 Å². The number of nitrogens with zero attached hydrogens (tertiary/aromatic N) is 4. The number of hydrogen-bond acceptors (Lipinski definition) is 5. The molecule has 0 bridgehead atoms. The van der Waals surface area contributed by atoms with Crippen molar-refractivity contribution in [2.75, 3.05) is 5.32 Å². The third-order valence-corrected chi connectivity index (χ3v) is 6.59. The largest absolute Gasteiger partial charge is 0.331 e. The van der Waals surface area contributed by atoms with E-state index in [-0.39, 0.29) is 12.5 Å². The Bertz CT molecular complexity index is 1530. The number of carbonyl (C=O) groups excluding carboxylic acids is 1. The Morgan fingerprint density at radius 3 is 2.76 bits per heavy atom. The number of aromatic nitrogens is 5. The van der Waals surface area contributed by atoms with Crippen LogP contribution in [0.2, 0.25) is 0 Å². The molecule has 34 heavy (non-hydrogen) atoms. The van der Waals surface area contributed by atoms with Gasteiger partial charge in [-0.3, -0.25) is 14.5 Å². The van der Waals surface area contributed by atoms with E-state index in [0.29, 0.717) is 22.9 Å². The van der Waals surface area contributed by atoms with Crippen molar-refractivity contribution in [1.82, 2.24) is 24.3 Å². The molecular formula is C25H22N6OS2. The standard InChI is InChI=1S/C25H22N6OS2/c1-2-12-30-22(28-29-25(30)33)14-19-16-34-24(26-19)27-23(32)15-31-20-11-7-6-10-18(20)13-21(31)17-8-4-3-5-9-17/h2-11,13,16H,1,12,14-15H2,(H,29,33)(H,26,27,32). The lowest BCUT2D eigenvalue weighted by molar-refractivity contribution is -0.116. The molecule has 0 atom stereocenters. The predicted molar refractivity (Wildman–Crippen MR) is 139 cm³/mol. The van der Waals surface area contributed by atoms with Crippen LogP contribution in [0, 0.1) is 4.77 Å². The van der Waals surface area contributed by atoms with Gasteiger partial charge in [-0.15, -0.1) is 17.9 Å². The van der Waals surface area contributed by atoms with E-state index in [0.717, 1.165) is 33.7 Å². The second-order valence-corrected chi connectivity index (χ2v) is 9.00. The summed E-state index contributed by atoms with van der Waals surface area (Å²) in [5, 5.41) is 13.6. The monoisotopic (exact) mass is 486 g/mol. The summed E-state index contributed by atoms with van der Waals surface area (Å²) in [5.74, 6) is 0.646. The van der Waals surface area contributed by atoms with Crippen molar-refractivity contribution in [3.8, 4) is 11.3 Å². The molecule has 0 aliphatic heterocycles. The van der Waals surface area contributed by atoms with Crippen LogP contribution in [0.4, 0.5) is 5.13 Å². The zero-order chi connectivity index (χ0) is 23.5.